The summed E-state index contributed by atoms with van der Waals surface area (Å²) in [5, 5.41) is 5.48. The van der Waals surface area contributed by atoms with Crippen LogP contribution in [-0.4, -0.2) is 17.2 Å². The van der Waals surface area contributed by atoms with E-state index in [4.69, 9.17) is 0 Å². The third kappa shape index (κ3) is 4.83. The first-order valence-corrected chi connectivity index (χ1v) is 7.92. The quantitative estimate of drug-likeness (QED) is 0.687. The molecule has 0 bridgehead atoms. The van der Waals surface area contributed by atoms with Crippen LogP contribution in [0.3, 0.4) is 0 Å². The molecule has 0 atom stereocenters. The minimum Gasteiger partial charge on any atom is -0.435 e. The lowest BCUT2D eigenvalue weighted by atomic mass is 10.2. The summed E-state index contributed by atoms with van der Waals surface area (Å²) in [6, 6.07) is 17.0. The van der Waals surface area contributed by atoms with Crippen molar-refractivity contribution < 1.29 is 18.3 Å². The summed E-state index contributed by atoms with van der Waals surface area (Å²) in [4.78, 5) is 12.0. The average Bonchev–Trinajstić information content (AvgIpc) is 3.16. The number of halogens is 2. The van der Waals surface area contributed by atoms with Gasteiger partial charge >= 0.3 is 12.6 Å². The van der Waals surface area contributed by atoms with Crippen molar-refractivity contribution in [1.29, 1.82) is 0 Å². The highest BCUT2D eigenvalue weighted by atomic mass is 19.3. The number of aromatic nitrogens is 1. The Bertz CT molecular complexity index is 849. The van der Waals surface area contributed by atoms with Crippen LogP contribution in [0, 0.1) is 0 Å². The van der Waals surface area contributed by atoms with Crippen LogP contribution in [0.25, 0.3) is 5.69 Å². The molecule has 5 nitrogen and oxygen atoms in total. The summed E-state index contributed by atoms with van der Waals surface area (Å²) in [5.74, 6) is 0.0787. The molecule has 2 amide bonds. The van der Waals surface area contributed by atoms with Gasteiger partial charge < -0.3 is 19.9 Å². The van der Waals surface area contributed by atoms with Crippen molar-refractivity contribution >= 4 is 11.7 Å². The Labute approximate surface area is 149 Å². The van der Waals surface area contributed by atoms with E-state index in [0.717, 1.165) is 11.3 Å². The first kappa shape index (κ1) is 17.5. The maximum atomic E-state index is 12.1. The number of urea groups is 1. The predicted octanol–water partition coefficient (Wildman–Crippen LogP) is 4.40. The SMILES string of the molecule is O=C(NCc1ccc(OC(F)F)cc1)Nc1cccc(-n2cccc2)c1. The maximum absolute atomic E-state index is 12.1. The molecule has 2 N–H and O–H groups in total. The minimum absolute atomic E-state index is 0.0787. The van der Waals surface area contributed by atoms with E-state index < -0.39 is 6.61 Å². The van der Waals surface area contributed by atoms with Gasteiger partial charge in [0.1, 0.15) is 5.75 Å². The summed E-state index contributed by atoms with van der Waals surface area (Å²) in [6.45, 7) is -2.59. The zero-order valence-electron chi connectivity index (χ0n) is 13.7. The van der Waals surface area contributed by atoms with Gasteiger partial charge in [-0.2, -0.15) is 8.78 Å². The molecule has 1 heterocycles. The number of hydrogen-bond acceptors (Lipinski definition) is 2. The Balaban J connectivity index is 1.54. The van der Waals surface area contributed by atoms with Gasteiger partial charge in [0, 0.05) is 30.3 Å². The molecule has 0 fully saturated rings. The number of nitrogens with one attached hydrogen (secondary N) is 2. The van der Waals surface area contributed by atoms with E-state index in [0.29, 0.717) is 5.69 Å². The molecule has 0 spiro atoms. The van der Waals surface area contributed by atoms with Crippen LogP contribution in [0.1, 0.15) is 5.56 Å². The number of benzene rings is 2. The molecule has 0 saturated carbocycles. The van der Waals surface area contributed by atoms with Gasteiger partial charge in [-0.25, -0.2) is 4.79 Å². The molecule has 0 aliphatic heterocycles. The zero-order chi connectivity index (χ0) is 18.4. The standard InChI is InChI=1S/C19H17F2N3O2/c20-18(21)26-17-8-6-14(7-9-17)13-22-19(25)23-15-4-3-5-16(12-15)24-10-1-2-11-24/h1-12,18H,13H2,(H2,22,23,25). The highest BCUT2D eigenvalue weighted by Crippen LogP contribution is 2.16. The third-order valence-electron chi connectivity index (χ3n) is 3.61. The second kappa shape index (κ2) is 8.15. The molecule has 0 unspecified atom stereocenters. The average molecular weight is 357 g/mol. The summed E-state index contributed by atoms with van der Waals surface area (Å²) in [5.41, 5.74) is 2.36. The number of rotatable bonds is 6. The number of nitrogens with zero attached hydrogens (tertiary/aromatic N) is 1. The van der Waals surface area contributed by atoms with Crippen molar-refractivity contribution in [3.8, 4) is 11.4 Å². The van der Waals surface area contributed by atoms with Gasteiger partial charge in [0.05, 0.1) is 0 Å². The molecule has 1 aromatic heterocycles. The lowest BCUT2D eigenvalue weighted by Gasteiger charge is -2.10. The fraction of sp³-hybridized carbons (Fsp3) is 0.105. The maximum Gasteiger partial charge on any atom is 0.387 e. The van der Waals surface area contributed by atoms with Crippen LogP contribution in [0.4, 0.5) is 19.3 Å². The highest BCUT2D eigenvalue weighted by molar-refractivity contribution is 5.89. The molecular formula is C19H17F2N3O2. The van der Waals surface area contributed by atoms with Crippen molar-refractivity contribution in [2.45, 2.75) is 13.2 Å². The smallest absolute Gasteiger partial charge is 0.387 e. The van der Waals surface area contributed by atoms with E-state index in [1.54, 1.807) is 18.2 Å². The van der Waals surface area contributed by atoms with Crippen LogP contribution < -0.4 is 15.4 Å². The Hall–Kier alpha value is -3.35. The molecule has 26 heavy (non-hydrogen) atoms. The number of alkyl halides is 2. The van der Waals surface area contributed by atoms with E-state index in [2.05, 4.69) is 15.4 Å². The summed E-state index contributed by atoms with van der Waals surface area (Å²) in [7, 11) is 0. The minimum atomic E-state index is -2.85. The Morgan fingerprint density at radius 3 is 2.46 bits per heavy atom. The van der Waals surface area contributed by atoms with Gasteiger partial charge in [-0.15, -0.1) is 0 Å². The highest BCUT2D eigenvalue weighted by Gasteiger charge is 2.05. The largest absolute Gasteiger partial charge is 0.435 e. The van der Waals surface area contributed by atoms with Crippen molar-refractivity contribution in [2.75, 3.05) is 5.32 Å². The Morgan fingerprint density at radius 1 is 1.04 bits per heavy atom. The van der Waals surface area contributed by atoms with Crippen LogP contribution >= 0.6 is 0 Å². The molecule has 134 valence electrons. The van der Waals surface area contributed by atoms with Crippen molar-refractivity contribution in [2.24, 2.45) is 0 Å². The van der Waals surface area contributed by atoms with E-state index in [1.807, 2.05) is 47.3 Å². The van der Waals surface area contributed by atoms with Gasteiger partial charge in [-0.1, -0.05) is 18.2 Å². The first-order valence-electron chi connectivity index (χ1n) is 7.92. The molecule has 0 aliphatic carbocycles. The molecule has 3 aromatic rings. The predicted molar refractivity (Wildman–Crippen MR) is 94.7 cm³/mol. The normalized spacial score (nSPS) is 10.6. The van der Waals surface area contributed by atoms with E-state index in [-0.39, 0.29) is 18.3 Å². The summed E-state index contributed by atoms with van der Waals surface area (Å²) < 4.78 is 30.4. The van der Waals surface area contributed by atoms with E-state index in [9.17, 15) is 13.6 Å². The van der Waals surface area contributed by atoms with E-state index >= 15 is 0 Å². The lowest BCUT2D eigenvalue weighted by Crippen LogP contribution is -2.28. The molecular weight excluding hydrogens is 340 g/mol. The molecule has 3 rings (SSSR count). The van der Waals surface area contributed by atoms with Gasteiger partial charge in [0.25, 0.3) is 0 Å². The number of carbonyl (C=O) groups is 1. The van der Waals surface area contributed by atoms with Crippen molar-refractivity contribution in [3.63, 3.8) is 0 Å². The number of anilines is 1. The molecule has 7 heteroatoms. The number of hydrogen-bond donors (Lipinski definition) is 2. The zero-order valence-corrected chi connectivity index (χ0v) is 13.7. The van der Waals surface area contributed by atoms with E-state index in [1.165, 1.54) is 12.1 Å². The van der Waals surface area contributed by atoms with Gasteiger partial charge in [-0.05, 0) is 48.0 Å². The van der Waals surface area contributed by atoms with Crippen LogP contribution in [-0.2, 0) is 6.54 Å². The number of carbonyl (C=O) groups excluding carboxylic acids is 1. The van der Waals surface area contributed by atoms with Crippen molar-refractivity contribution in [1.82, 2.24) is 9.88 Å². The molecule has 0 saturated heterocycles. The summed E-state index contributed by atoms with van der Waals surface area (Å²) in [6.07, 6.45) is 3.83. The van der Waals surface area contributed by atoms with Gasteiger partial charge in [0.2, 0.25) is 0 Å². The topological polar surface area (TPSA) is 55.3 Å². The van der Waals surface area contributed by atoms with Gasteiger partial charge in [0.15, 0.2) is 0 Å². The summed E-state index contributed by atoms with van der Waals surface area (Å²) >= 11 is 0. The third-order valence-corrected chi connectivity index (χ3v) is 3.61. The molecule has 2 aromatic carbocycles. The second-order valence-corrected chi connectivity index (χ2v) is 5.47. The first-order chi connectivity index (χ1) is 12.6. The van der Waals surface area contributed by atoms with Crippen LogP contribution in [0.5, 0.6) is 5.75 Å². The fourth-order valence-corrected chi connectivity index (χ4v) is 2.40. The van der Waals surface area contributed by atoms with Crippen LogP contribution in [0.2, 0.25) is 0 Å². The number of ether oxygens (including phenoxy) is 1. The monoisotopic (exact) mass is 357 g/mol. The molecule has 0 aliphatic rings. The van der Waals surface area contributed by atoms with Crippen molar-refractivity contribution in [3.05, 3.63) is 78.6 Å². The fourth-order valence-electron chi connectivity index (χ4n) is 2.40. The Kier molecular flexibility index (Phi) is 5.48. The van der Waals surface area contributed by atoms with Crippen LogP contribution in [0.15, 0.2) is 73.1 Å². The van der Waals surface area contributed by atoms with Gasteiger partial charge in [-0.3, -0.25) is 0 Å². The Morgan fingerprint density at radius 2 is 1.77 bits per heavy atom. The molecule has 0 radical (unpaired) electrons. The number of amides is 2. The second-order valence-electron chi connectivity index (χ2n) is 5.47. The lowest BCUT2D eigenvalue weighted by molar-refractivity contribution is -0.0498.